The number of sulfonamides is 1. The number of rotatable bonds is 10. The Morgan fingerprint density at radius 2 is 1.60 bits per heavy atom. The van der Waals surface area contributed by atoms with Gasteiger partial charge in [-0.15, -0.1) is 0 Å². The maximum Gasteiger partial charge on any atom is 0.295 e. The van der Waals surface area contributed by atoms with E-state index in [4.69, 9.17) is 25.8 Å². The summed E-state index contributed by atoms with van der Waals surface area (Å²) >= 11 is 5.81. The predicted octanol–water partition coefficient (Wildman–Crippen LogP) is 4.52. The van der Waals surface area contributed by atoms with E-state index < -0.39 is 20.6 Å². The topological polar surface area (TPSA) is 141 Å². The van der Waals surface area contributed by atoms with Gasteiger partial charge in [0.1, 0.15) is 5.69 Å². The van der Waals surface area contributed by atoms with E-state index in [1.807, 2.05) is 0 Å². The van der Waals surface area contributed by atoms with Crippen molar-refractivity contribution >= 4 is 44.9 Å². The summed E-state index contributed by atoms with van der Waals surface area (Å²) in [5, 5.41) is 16.1. The van der Waals surface area contributed by atoms with E-state index in [0.29, 0.717) is 27.8 Å². The van der Waals surface area contributed by atoms with Gasteiger partial charge in [-0.25, -0.2) is 8.42 Å². The van der Waals surface area contributed by atoms with Gasteiger partial charge in [0.15, 0.2) is 11.5 Å². The van der Waals surface area contributed by atoms with Crippen LogP contribution in [0.2, 0.25) is 5.02 Å². The highest BCUT2D eigenvalue weighted by Gasteiger charge is 2.22. The molecule has 2 N–H and O–H groups in total. The SMILES string of the molecule is COc1cc(C=NNc2ccc(S(=O)(=O)Nc3ccc(Cl)cc3)cc2[N+](=O)[O-])cc(OC)c1OC. The Bertz CT molecular complexity index is 1340. The second kappa shape index (κ2) is 10.9. The zero-order valence-corrected chi connectivity index (χ0v) is 20.4. The van der Waals surface area contributed by atoms with Gasteiger partial charge in [0.25, 0.3) is 15.7 Å². The van der Waals surface area contributed by atoms with Crippen LogP contribution in [0.15, 0.2) is 64.6 Å². The van der Waals surface area contributed by atoms with E-state index in [2.05, 4.69) is 15.2 Å². The van der Waals surface area contributed by atoms with Gasteiger partial charge in [-0.05, 0) is 48.5 Å². The molecule has 0 aromatic heterocycles. The molecule has 3 aromatic carbocycles. The van der Waals surface area contributed by atoms with Gasteiger partial charge >= 0.3 is 0 Å². The van der Waals surface area contributed by atoms with E-state index >= 15 is 0 Å². The van der Waals surface area contributed by atoms with Gasteiger partial charge in [-0.3, -0.25) is 20.3 Å². The molecule has 0 atom stereocenters. The molecule has 3 rings (SSSR count). The fourth-order valence-corrected chi connectivity index (χ4v) is 4.21. The maximum absolute atomic E-state index is 12.7. The van der Waals surface area contributed by atoms with E-state index in [9.17, 15) is 18.5 Å². The summed E-state index contributed by atoms with van der Waals surface area (Å²) in [6, 6.07) is 12.7. The normalized spacial score (nSPS) is 11.2. The van der Waals surface area contributed by atoms with Gasteiger partial charge in [-0.2, -0.15) is 5.10 Å². The maximum atomic E-state index is 12.7. The van der Waals surface area contributed by atoms with Crippen LogP contribution in [-0.4, -0.2) is 40.9 Å². The smallest absolute Gasteiger partial charge is 0.295 e. The number of nitrogens with one attached hydrogen (secondary N) is 2. The van der Waals surface area contributed by atoms with Crippen molar-refractivity contribution in [2.75, 3.05) is 31.5 Å². The lowest BCUT2D eigenvalue weighted by Gasteiger charge is -2.12. The molecule has 0 aliphatic heterocycles. The molecule has 0 amide bonds. The first-order valence-electron chi connectivity index (χ1n) is 9.84. The van der Waals surface area contributed by atoms with E-state index in [1.165, 1.54) is 63.9 Å². The van der Waals surface area contributed by atoms with Crippen LogP contribution in [0.5, 0.6) is 17.2 Å². The number of hydrogen-bond acceptors (Lipinski definition) is 9. The minimum Gasteiger partial charge on any atom is -0.493 e. The number of hydrogen-bond donors (Lipinski definition) is 2. The third-order valence-corrected chi connectivity index (χ3v) is 6.29. The van der Waals surface area contributed by atoms with Crippen LogP contribution in [0.4, 0.5) is 17.1 Å². The summed E-state index contributed by atoms with van der Waals surface area (Å²) in [6.45, 7) is 0. The number of nitrogens with zero attached hydrogens (tertiary/aromatic N) is 2. The van der Waals surface area contributed by atoms with E-state index in [1.54, 1.807) is 12.1 Å². The summed E-state index contributed by atoms with van der Waals surface area (Å²) < 4.78 is 43.6. The van der Waals surface area contributed by atoms with E-state index in [-0.39, 0.29) is 16.3 Å². The van der Waals surface area contributed by atoms with Crippen molar-refractivity contribution in [2.24, 2.45) is 5.10 Å². The van der Waals surface area contributed by atoms with Crippen LogP contribution in [-0.2, 0) is 10.0 Å². The number of benzene rings is 3. The van der Waals surface area contributed by atoms with Gasteiger partial charge in [-0.1, -0.05) is 11.6 Å². The Labute approximate surface area is 206 Å². The van der Waals surface area contributed by atoms with Gasteiger partial charge in [0, 0.05) is 22.3 Å². The quantitative estimate of drug-likeness (QED) is 0.226. The van der Waals surface area contributed by atoms with Crippen molar-refractivity contribution in [3.05, 3.63) is 75.3 Å². The highest BCUT2D eigenvalue weighted by molar-refractivity contribution is 7.92. The minimum absolute atomic E-state index is 0.0101. The Morgan fingerprint density at radius 1 is 0.971 bits per heavy atom. The average Bonchev–Trinajstić information content (AvgIpc) is 2.84. The Hall–Kier alpha value is -4.03. The molecule has 0 aliphatic carbocycles. The number of nitro benzene ring substituents is 1. The lowest BCUT2D eigenvalue weighted by molar-refractivity contribution is -0.384. The summed E-state index contributed by atoms with van der Waals surface area (Å²) in [6.07, 6.45) is 1.39. The first-order chi connectivity index (χ1) is 16.7. The average molecular weight is 521 g/mol. The zero-order valence-electron chi connectivity index (χ0n) is 18.8. The van der Waals surface area contributed by atoms with Crippen LogP contribution < -0.4 is 24.4 Å². The van der Waals surface area contributed by atoms with Crippen molar-refractivity contribution in [3.63, 3.8) is 0 Å². The zero-order chi connectivity index (χ0) is 25.6. The monoisotopic (exact) mass is 520 g/mol. The first-order valence-corrected chi connectivity index (χ1v) is 11.7. The molecule has 0 unspecified atom stereocenters. The number of anilines is 2. The molecular formula is C22H21ClN4O7S. The van der Waals surface area contributed by atoms with Crippen molar-refractivity contribution in [3.8, 4) is 17.2 Å². The molecule has 0 radical (unpaired) electrons. The number of hydrazone groups is 1. The Kier molecular flexibility index (Phi) is 7.99. The molecule has 11 nitrogen and oxygen atoms in total. The number of halogens is 1. The fraction of sp³-hybridized carbons (Fsp3) is 0.136. The molecule has 0 saturated carbocycles. The van der Waals surface area contributed by atoms with Gasteiger partial charge < -0.3 is 14.2 Å². The predicted molar refractivity (Wildman–Crippen MR) is 133 cm³/mol. The molecule has 0 heterocycles. The second-order valence-electron chi connectivity index (χ2n) is 6.88. The molecule has 0 fully saturated rings. The highest BCUT2D eigenvalue weighted by Crippen LogP contribution is 2.37. The standard InChI is InChI=1S/C22H21ClN4O7S/c1-32-20-10-14(11-21(33-2)22(20)34-3)13-24-25-18-9-8-17(12-19(18)27(28)29)35(30,31)26-16-6-4-15(23)5-7-16/h4-13,25-26H,1-3H3. The highest BCUT2D eigenvalue weighted by atomic mass is 35.5. The molecule has 0 aliphatic rings. The Balaban J connectivity index is 1.85. The number of methoxy groups -OCH3 is 3. The molecule has 13 heteroatoms. The summed E-state index contributed by atoms with van der Waals surface area (Å²) in [7, 11) is 0.327. The Morgan fingerprint density at radius 3 is 2.14 bits per heavy atom. The van der Waals surface area contributed by atoms with Crippen molar-refractivity contribution < 1.29 is 27.6 Å². The van der Waals surface area contributed by atoms with Crippen LogP contribution in [0.3, 0.4) is 0 Å². The van der Waals surface area contributed by atoms with Crippen molar-refractivity contribution in [2.45, 2.75) is 4.90 Å². The summed E-state index contributed by atoms with van der Waals surface area (Å²) in [5.41, 5.74) is 2.89. The summed E-state index contributed by atoms with van der Waals surface area (Å²) in [5.74, 6) is 1.21. The molecule has 3 aromatic rings. The van der Waals surface area contributed by atoms with Crippen molar-refractivity contribution in [1.29, 1.82) is 0 Å². The molecule has 184 valence electrons. The van der Waals surface area contributed by atoms with Gasteiger partial charge in [0.05, 0.1) is 37.4 Å². The van der Waals surface area contributed by atoms with Crippen LogP contribution in [0.1, 0.15) is 5.56 Å². The van der Waals surface area contributed by atoms with Crippen LogP contribution >= 0.6 is 11.6 Å². The third-order valence-electron chi connectivity index (χ3n) is 4.66. The number of ether oxygens (including phenoxy) is 3. The lowest BCUT2D eigenvalue weighted by atomic mass is 10.2. The second-order valence-corrected chi connectivity index (χ2v) is 9.00. The summed E-state index contributed by atoms with van der Waals surface area (Å²) in [4.78, 5) is 10.6. The minimum atomic E-state index is -4.09. The largest absolute Gasteiger partial charge is 0.493 e. The third kappa shape index (κ3) is 6.11. The van der Waals surface area contributed by atoms with Crippen LogP contribution in [0, 0.1) is 10.1 Å². The van der Waals surface area contributed by atoms with E-state index in [0.717, 1.165) is 6.07 Å². The first kappa shape index (κ1) is 25.6. The van der Waals surface area contributed by atoms with Crippen molar-refractivity contribution in [1.82, 2.24) is 0 Å². The number of nitro groups is 1. The fourth-order valence-electron chi connectivity index (χ4n) is 3.01. The molecular weight excluding hydrogens is 500 g/mol. The molecule has 35 heavy (non-hydrogen) atoms. The molecule has 0 bridgehead atoms. The molecule has 0 spiro atoms. The lowest BCUT2D eigenvalue weighted by Crippen LogP contribution is -2.13. The van der Waals surface area contributed by atoms with Crippen LogP contribution in [0.25, 0.3) is 0 Å². The molecule has 0 saturated heterocycles. The van der Waals surface area contributed by atoms with Gasteiger partial charge in [0.2, 0.25) is 5.75 Å².